The number of hydrogen-bond donors (Lipinski definition) is 3. The van der Waals surface area contributed by atoms with Gasteiger partial charge >= 0.3 is 0 Å². The molecule has 1 aromatic rings. The van der Waals surface area contributed by atoms with Gasteiger partial charge in [0.15, 0.2) is 0 Å². The molecular formula is C14H19N3O3. The van der Waals surface area contributed by atoms with E-state index in [4.69, 9.17) is 10.5 Å². The van der Waals surface area contributed by atoms with Crippen LogP contribution in [-0.2, 0) is 9.53 Å². The van der Waals surface area contributed by atoms with E-state index in [0.29, 0.717) is 24.1 Å². The van der Waals surface area contributed by atoms with Gasteiger partial charge in [0.2, 0.25) is 5.91 Å². The van der Waals surface area contributed by atoms with Crippen LogP contribution >= 0.6 is 0 Å². The van der Waals surface area contributed by atoms with Crippen LogP contribution in [0.3, 0.4) is 0 Å². The van der Waals surface area contributed by atoms with E-state index in [2.05, 4.69) is 10.6 Å². The summed E-state index contributed by atoms with van der Waals surface area (Å²) >= 11 is 0. The number of primary amides is 1. The van der Waals surface area contributed by atoms with Gasteiger partial charge in [0.1, 0.15) is 5.60 Å². The number of hydrogen-bond acceptors (Lipinski definition) is 4. The summed E-state index contributed by atoms with van der Waals surface area (Å²) in [6.45, 7) is 1.50. The van der Waals surface area contributed by atoms with E-state index in [1.807, 2.05) is 0 Å². The molecule has 6 heteroatoms. The van der Waals surface area contributed by atoms with Crippen LogP contribution in [0.2, 0.25) is 0 Å². The highest BCUT2D eigenvalue weighted by atomic mass is 16.5. The van der Waals surface area contributed by atoms with Crippen molar-refractivity contribution in [3.05, 3.63) is 29.8 Å². The molecule has 1 aliphatic heterocycles. The first-order valence-corrected chi connectivity index (χ1v) is 6.54. The highest BCUT2D eigenvalue weighted by Gasteiger charge is 2.39. The van der Waals surface area contributed by atoms with E-state index in [9.17, 15) is 9.59 Å². The quantitative estimate of drug-likeness (QED) is 0.746. The Bertz CT molecular complexity index is 493. The number of nitrogens with one attached hydrogen (secondary N) is 2. The molecule has 0 radical (unpaired) electrons. The molecule has 0 unspecified atom stereocenters. The number of rotatable bonds is 4. The summed E-state index contributed by atoms with van der Waals surface area (Å²) in [6.07, 6.45) is 1.27. The molecule has 2 amide bonds. The van der Waals surface area contributed by atoms with Gasteiger partial charge in [-0.25, -0.2) is 0 Å². The molecule has 1 fully saturated rings. The van der Waals surface area contributed by atoms with Crippen molar-refractivity contribution in [3.63, 3.8) is 0 Å². The highest BCUT2D eigenvalue weighted by molar-refractivity contribution is 5.98. The molecule has 1 aromatic carbocycles. The third-order valence-corrected chi connectivity index (χ3v) is 3.64. The Hall–Kier alpha value is -1.92. The Morgan fingerprint density at radius 2 is 1.85 bits per heavy atom. The predicted molar refractivity (Wildman–Crippen MR) is 75.4 cm³/mol. The maximum Gasteiger partial charge on any atom is 0.256 e. The van der Waals surface area contributed by atoms with Crippen LogP contribution in [0.1, 0.15) is 23.2 Å². The molecular weight excluding hydrogens is 258 g/mol. The van der Waals surface area contributed by atoms with Crippen LogP contribution in [0.4, 0.5) is 5.69 Å². The van der Waals surface area contributed by atoms with Crippen LogP contribution in [-0.4, -0.2) is 37.6 Å². The van der Waals surface area contributed by atoms with Gasteiger partial charge in [0, 0.05) is 18.4 Å². The third-order valence-electron chi connectivity index (χ3n) is 3.64. The molecule has 0 aromatic heterocycles. The van der Waals surface area contributed by atoms with E-state index < -0.39 is 11.5 Å². The number of nitrogens with two attached hydrogens (primary N) is 1. The second-order valence-corrected chi connectivity index (χ2v) is 4.84. The normalized spacial score (nSPS) is 17.4. The van der Waals surface area contributed by atoms with Crippen LogP contribution in [0.15, 0.2) is 24.3 Å². The average Bonchev–Trinajstić information content (AvgIpc) is 2.48. The van der Waals surface area contributed by atoms with E-state index in [1.54, 1.807) is 31.4 Å². The molecule has 2 rings (SSSR count). The van der Waals surface area contributed by atoms with Gasteiger partial charge in [0.05, 0.1) is 0 Å². The lowest BCUT2D eigenvalue weighted by molar-refractivity contribution is -0.140. The van der Waals surface area contributed by atoms with Gasteiger partial charge < -0.3 is 21.1 Å². The largest absolute Gasteiger partial charge is 0.368 e. The molecule has 1 saturated heterocycles. The van der Waals surface area contributed by atoms with Gasteiger partial charge in [-0.3, -0.25) is 9.59 Å². The average molecular weight is 277 g/mol. The Kier molecular flexibility index (Phi) is 4.36. The van der Waals surface area contributed by atoms with Gasteiger partial charge in [-0.15, -0.1) is 0 Å². The van der Waals surface area contributed by atoms with E-state index in [0.717, 1.165) is 13.1 Å². The fourth-order valence-electron chi connectivity index (χ4n) is 2.32. The van der Waals surface area contributed by atoms with Crippen molar-refractivity contribution in [2.75, 3.05) is 25.5 Å². The summed E-state index contributed by atoms with van der Waals surface area (Å²) in [5, 5.41) is 6.03. The Balaban J connectivity index is 2.08. The van der Waals surface area contributed by atoms with Crippen molar-refractivity contribution in [1.82, 2.24) is 5.32 Å². The van der Waals surface area contributed by atoms with Crippen molar-refractivity contribution >= 4 is 17.5 Å². The third kappa shape index (κ3) is 2.97. The fraction of sp³-hybridized carbons (Fsp3) is 0.429. The van der Waals surface area contributed by atoms with Gasteiger partial charge in [-0.05, 0) is 50.2 Å². The van der Waals surface area contributed by atoms with Crippen molar-refractivity contribution in [2.45, 2.75) is 18.4 Å². The van der Waals surface area contributed by atoms with Gasteiger partial charge in [-0.1, -0.05) is 0 Å². The molecule has 0 bridgehead atoms. The molecule has 1 heterocycles. The maximum atomic E-state index is 12.4. The molecule has 6 nitrogen and oxygen atoms in total. The number of piperidine rings is 1. The standard InChI is InChI=1S/C14H19N3O3/c1-20-14(6-8-16-9-7-14)13(19)17-11-4-2-10(3-5-11)12(15)18/h2-5,16H,6-9H2,1H3,(H2,15,18)(H,17,19). The number of ether oxygens (including phenoxy) is 1. The minimum absolute atomic E-state index is 0.159. The summed E-state index contributed by atoms with van der Waals surface area (Å²) in [5.74, 6) is -0.650. The Labute approximate surface area is 117 Å². The van der Waals surface area contributed by atoms with E-state index >= 15 is 0 Å². The Morgan fingerprint density at radius 1 is 1.25 bits per heavy atom. The van der Waals surface area contributed by atoms with Crippen molar-refractivity contribution in [2.24, 2.45) is 5.73 Å². The lowest BCUT2D eigenvalue weighted by Crippen LogP contribution is -2.51. The predicted octanol–water partition coefficient (Wildman–Crippen LogP) is 0.493. The summed E-state index contributed by atoms with van der Waals surface area (Å²) < 4.78 is 5.45. The molecule has 1 aliphatic rings. The fourth-order valence-corrected chi connectivity index (χ4v) is 2.32. The first-order valence-electron chi connectivity index (χ1n) is 6.54. The topological polar surface area (TPSA) is 93.4 Å². The Morgan fingerprint density at radius 3 is 2.35 bits per heavy atom. The van der Waals surface area contributed by atoms with Crippen molar-refractivity contribution in [1.29, 1.82) is 0 Å². The SMILES string of the molecule is COC1(C(=O)Nc2ccc(C(N)=O)cc2)CCNCC1. The first kappa shape index (κ1) is 14.5. The number of anilines is 1. The van der Waals surface area contributed by atoms with Crippen molar-refractivity contribution < 1.29 is 14.3 Å². The zero-order valence-corrected chi connectivity index (χ0v) is 11.4. The summed E-state index contributed by atoms with van der Waals surface area (Å²) in [5.41, 5.74) is 5.42. The molecule has 0 atom stereocenters. The number of carbonyl (C=O) groups excluding carboxylic acids is 2. The van der Waals surface area contributed by atoms with Crippen LogP contribution in [0.5, 0.6) is 0 Å². The van der Waals surface area contributed by atoms with Crippen molar-refractivity contribution in [3.8, 4) is 0 Å². The number of carbonyl (C=O) groups is 2. The summed E-state index contributed by atoms with van der Waals surface area (Å²) in [4.78, 5) is 23.4. The number of amides is 2. The second kappa shape index (κ2) is 6.02. The lowest BCUT2D eigenvalue weighted by atomic mass is 9.91. The van der Waals surface area contributed by atoms with Crippen LogP contribution < -0.4 is 16.4 Å². The first-order chi connectivity index (χ1) is 9.57. The molecule has 0 spiro atoms. The zero-order valence-electron chi connectivity index (χ0n) is 11.4. The lowest BCUT2D eigenvalue weighted by Gasteiger charge is -2.34. The number of methoxy groups -OCH3 is 1. The van der Waals surface area contributed by atoms with E-state index in [-0.39, 0.29) is 5.91 Å². The minimum Gasteiger partial charge on any atom is -0.368 e. The molecule has 0 aliphatic carbocycles. The smallest absolute Gasteiger partial charge is 0.256 e. The van der Waals surface area contributed by atoms with E-state index in [1.165, 1.54) is 0 Å². The summed E-state index contributed by atoms with van der Waals surface area (Å²) in [6, 6.07) is 6.48. The molecule has 4 N–H and O–H groups in total. The molecule has 108 valence electrons. The van der Waals surface area contributed by atoms with Gasteiger partial charge in [0.25, 0.3) is 5.91 Å². The summed E-state index contributed by atoms with van der Waals surface area (Å²) in [7, 11) is 1.56. The highest BCUT2D eigenvalue weighted by Crippen LogP contribution is 2.24. The van der Waals surface area contributed by atoms with Gasteiger partial charge in [-0.2, -0.15) is 0 Å². The minimum atomic E-state index is -0.784. The molecule has 20 heavy (non-hydrogen) atoms. The second-order valence-electron chi connectivity index (χ2n) is 4.84. The maximum absolute atomic E-state index is 12.4. The monoisotopic (exact) mass is 277 g/mol. The van der Waals surface area contributed by atoms with Crippen LogP contribution in [0, 0.1) is 0 Å². The van der Waals surface area contributed by atoms with Crippen LogP contribution in [0.25, 0.3) is 0 Å². The zero-order chi connectivity index (χ0) is 14.6. The molecule has 0 saturated carbocycles. The number of benzene rings is 1.